The maximum Gasteiger partial charge on any atom is 0.331 e. The van der Waals surface area contributed by atoms with Gasteiger partial charge in [0.2, 0.25) is 0 Å². The highest BCUT2D eigenvalue weighted by atomic mass is 16.4. The Kier molecular flexibility index (Phi) is 4.18. The average Bonchev–Trinajstić information content (AvgIpc) is 2.22. The molecule has 0 heterocycles. The molecule has 0 saturated carbocycles. The van der Waals surface area contributed by atoms with Crippen molar-refractivity contribution in [3.8, 4) is 0 Å². The second-order valence-corrected chi connectivity index (χ2v) is 5.72. The highest BCUT2D eigenvalue weighted by Gasteiger charge is 2.35. The molecule has 0 aromatic rings. The van der Waals surface area contributed by atoms with Crippen molar-refractivity contribution in [2.75, 3.05) is 0 Å². The maximum atomic E-state index is 11.2. The van der Waals surface area contributed by atoms with E-state index >= 15 is 0 Å². The molecule has 0 fully saturated rings. The summed E-state index contributed by atoms with van der Waals surface area (Å²) in [5.41, 5.74) is 3.12. The topological polar surface area (TPSA) is 37.3 Å². The van der Waals surface area contributed by atoms with E-state index in [0.717, 1.165) is 24.8 Å². The van der Waals surface area contributed by atoms with Crippen LogP contribution in [0.4, 0.5) is 0 Å². The molecule has 1 N–H and O–H groups in total. The van der Waals surface area contributed by atoms with Crippen molar-refractivity contribution in [2.45, 2.75) is 53.9 Å². The lowest BCUT2D eigenvalue weighted by atomic mass is 9.64. The van der Waals surface area contributed by atoms with Gasteiger partial charge in [-0.2, -0.15) is 0 Å². The second kappa shape index (κ2) is 5.07. The zero-order valence-corrected chi connectivity index (χ0v) is 11.6. The third-order valence-corrected chi connectivity index (χ3v) is 4.02. The molecular weight excluding hydrogens is 212 g/mol. The van der Waals surface area contributed by atoms with Crippen LogP contribution in [-0.4, -0.2) is 11.1 Å². The molecule has 96 valence electrons. The van der Waals surface area contributed by atoms with Crippen LogP contribution in [0.5, 0.6) is 0 Å². The Bertz CT molecular complexity index is 372. The Labute approximate surface area is 104 Å². The standard InChI is InChI=1S/C15H24O2/c1-6-12(11(3)14(16)17)13-10(2)8-7-9-15(13,4)5/h8,13H,6-7,9H2,1-5H3,(H,16,17). The number of hydrogen-bond donors (Lipinski definition) is 1. The molecule has 2 heteroatoms. The van der Waals surface area contributed by atoms with Crippen LogP contribution < -0.4 is 0 Å². The van der Waals surface area contributed by atoms with Crippen LogP contribution in [0.15, 0.2) is 22.8 Å². The van der Waals surface area contributed by atoms with E-state index in [9.17, 15) is 9.90 Å². The lowest BCUT2D eigenvalue weighted by Crippen LogP contribution is -2.30. The molecule has 0 saturated heterocycles. The van der Waals surface area contributed by atoms with E-state index < -0.39 is 5.97 Å². The van der Waals surface area contributed by atoms with E-state index in [1.165, 1.54) is 5.57 Å². The summed E-state index contributed by atoms with van der Waals surface area (Å²) in [5.74, 6) is -0.492. The number of carbonyl (C=O) groups is 1. The number of allylic oxidation sites excluding steroid dienone is 3. The molecule has 2 nitrogen and oxygen atoms in total. The zero-order valence-electron chi connectivity index (χ0n) is 11.6. The lowest BCUT2D eigenvalue weighted by molar-refractivity contribution is -0.132. The van der Waals surface area contributed by atoms with Crippen molar-refractivity contribution in [3.05, 3.63) is 22.8 Å². The van der Waals surface area contributed by atoms with E-state index in [2.05, 4.69) is 33.8 Å². The minimum absolute atomic E-state index is 0.168. The van der Waals surface area contributed by atoms with Gasteiger partial charge in [-0.1, -0.05) is 38.0 Å². The average molecular weight is 236 g/mol. The van der Waals surface area contributed by atoms with Gasteiger partial charge in [0.05, 0.1) is 0 Å². The largest absolute Gasteiger partial charge is 0.478 e. The normalized spacial score (nSPS) is 25.0. The van der Waals surface area contributed by atoms with Gasteiger partial charge in [0.15, 0.2) is 0 Å². The summed E-state index contributed by atoms with van der Waals surface area (Å²) in [6, 6.07) is 0. The smallest absolute Gasteiger partial charge is 0.331 e. The third-order valence-electron chi connectivity index (χ3n) is 4.02. The monoisotopic (exact) mass is 236 g/mol. The van der Waals surface area contributed by atoms with Gasteiger partial charge in [0.1, 0.15) is 0 Å². The van der Waals surface area contributed by atoms with Gasteiger partial charge in [-0.05, 0) is 38.5 Å². The van der Waals surface area contributed by atoms with E-state index in [4.69, 9.17) is 0 Å². The summed E-state index contributed by atoms with van der Waals surface area (Å²) < 4.78 is 0. The van der Waals surface area contributed by atoms with Crippen molar-refractivity contribution >= 4 is 5.97 Å². The second-order valence-electron chi connectivity index (χ2n) is 5.72. The quantitative estimate of drug-likeness (QED) is 0.589. The molecule has 17 heavy (non-hydrogen) atoms. The summed E-state index contributed by atoms with van der Waals surface area (Å²) in [6.07, 6.45) is 5.32. The fourth-order valence-corrected chi connectivity index (χ4v) is 3.12. The fourth-order valence-electron chi connectivity index (χ4n) is 3.12. The molecule has 0 aromatic heterocycles. The van der Waals surface area contributed by atoms with Crippen LogP contribution in [0.25, 0.3) is 0 Å². The third kappa shape index (κ3) is 2.80. The van der Waals surface area contributed by atoms with Crippen LogP contribution in [0.3, 0.4) is 0 Å². The van der Waals surface area contributed by atoms with Crippen LogP contribution in [0, 0.1) is 11.3 Å². The fraction of sp³-hybridized carbons (Fsp3) is 0.667. The number of aliphatic carboxylic acids is 1. The summed E-state index contributed by atoms with van der Waals surface area (Å²) in [5, 5.41) is 9.19. The maximum absolute atomic E-state index is 11.2. The van der Waals surface area contributed by atoms with Gasteiger partial charge in [-0.3, -0.25) is 0 Å². The van der Waals surface area contributed by atoms with Crippen LogP contribution in [0.1, 0.15) is 53.9 Å². The van der Waals surface area contributed by atoms with Gasteiger partial charge >= 0.3 is 5.97 Å². The predicted molar refractivity (Wildman–Crippen MR) is 70.9 cm³/mol. The van der Waals surface area contributed by atoms with Crippen LogP contribution in [0.2, 0.25) is 0 Å². The molecule has 0 amide bonds. The number of carboxylic acid groups (broad SMARTS) is 1. The van der Waals surface area contributed by atoms with Crippen LogP contribution in [-0.2, 0) is 4.79 Å². The molecular formula is C15H24O2. The summed E-state index contributed by atoms with van der Waals surface area (Å²) >= 11 is 0. The molecule has 0 bridgehead atoms. The first kappa shape index (κ1) is 14.0. The Morgan fingerprint density at radius 1 is 1.53 bits per heavy atom. The zero-order chi connectivity index (χ0) is 13.2. The minimum atomic E-state index is -0.781. The van der Waals surface area contributed by atoms with Crippen molar-refractivity contribution < 1.29 is 9.90 Å². The minimum Gasteiger partial charge on any atom is -0.478 e. The van der Waals surface area contributed by atoms with Gasteiger partial charge < -0.3 is 5.11 Å². The van der Waals surface area contributed by atoms with Gasteiger partial charge in [-0.15, -0.1) is 0 Å². The summed E-state index contributed by atoms with van der Waals surface area (Å²) in [6.45, 7) is 10.4. The molecule has 1 rings (SSSR count). The molecule has 1 aliphatic carbocycles. The molecule has 0 spiro atoms. The highest BCUT2D eigenvalue weighted by molar-refractivity contribution is 5.87. The van der Waals surface area contributed by atoms with E-state index in [-0.39, 0.29) is 11.3 Å². The molecule has 0 aromatic carbocycles. The number of hydrogen-bond acceptors (Lipinski definition) is 1. The first-order valence-corrected chi connectivity index (χ1v) is 6.40. The Morgan fingerprint density at radius 2 is 2.12 bits per heavy atom. The Balaban J connectivity index is 3.27. The SMILES string of the molecule is CCC(=C(C)C(=O)O)C1C(C)=CCCC1(C)C. The first-order valence-electron chi connectivity index (χ1n) is 6.40. The van der Waals surface area contributed by atoms with Crippen molar-refractivity contribution in [1.29, 1.82) is 0 Å². The first-order chi connectivity index (χ1) is 7.81. The highest BCUT2D eigenvalue weighted by Crippen LogP contribution is 2.46. The van der Waals surface area contributed by atoms with Crippen molar-refractivity contribution in [1.82, 2.24) is 0 Å². The summed E-state index contributed by atoms with van der Waals surface area (Å²) in [4.78, 5) is 11.2. The molecule has 0 radical (unpaired) electrons. The Morgan fingerprint density at radius 3 is 2.53 bits per heavy atom. The van der Waals surface area contributed by atoms with E-state index in [1.54, 1.807) is 6.92 Å². The van der Waals surface area contributed by atoms with Crippen molar-refractivity contribution in [3.63, 3.8) is 0 Å². The van der Waals surface area contributed by atoms with E-state index in [0.29, 0.717) is 5.57 Å². The molecule has 1 unspecified atom stereocenters. The summed E-state index contributed by atoms with van der Waals surface area (Å²) in [7, 11) is 0. The van der Waals surface area contributed by atoms with Gasteiger partial charge in [0.25, 0.3) is 0 Å². The predicted octanol–water partition coefficient (Wildman–Crippen LogP) is 4.18. The number of carboxylic acids is 1. The van der Waals surface area contributed by atoms with Gasteiger partial charge in [0, 0.05) is 11.5 Å². The molecule has 0 aliphatic heterocycles. The number of rotatable bonds is 3. The van der Waals surface area contributed by atoms with Gasteiger partial charge in [-0.25, -0.2) is 4.79 Å². The van der Waals surface area contributed by atoms with E-state index in [1.807, 2.05) is 0 Å². The van der Waals surface area contributed by atoms with Crippen LogP contribution >= 0.6 is 0 Å². The lowest BCUT2D eigenvalue weighted by Gasteiger charge is -2.40. The Hall–Kier alpha value is -1.05. The molecule has 1 aliphatic rings. The van der Waals surface area contributed by atoms with Crippen molar-refractivity contribution in [2.24, 2.45) is 11.3 Å². The molecule has 1 atom stereocenters.